The van der Waals surface area contributed by atoms with E-state index in [0.29, 0.717) is 0 Å². The number of nitrogens with zero attached hydrogens (tertiary/aromatic N) is 3. The van der Waals surface area contributed by atoms with Crippen LogP contribution in [-0.2, 0) is 0 Å². The summed E-state index contributed by atoms with van der Waals surface area (Å²) in [4.78, 5) is 9.40. The maximum absolute atomic E-state index is 5.83. The van der Waals surface area contributed by atoms with Crippen molar-refractivity contribution in [3.8, 4) is 0 Å². The fourth-order valence-electron chi connectivity index (χ4n) is 2.37. The second-order valence-electron chi connectivity index (χ2n) is 5.07. The minimum atomic E-state index is 0.0629. The number of nitrogens with two attached hydrogens (primary N) is 1. The van der Waals surface area contributed by atoms with Crippen molar-refractivity contribution in [1.82, 2.24) is 9.88 Å². The summed E-state index contributed by atoms with van der Waals surface area (Å²) in [5.74, 6) is 1.08. The SMILES string of the molecule is CCCN1CCN(c2ccc([C@H](C)N)cn2)CC1. The largest absolute Gasteiger partial charge is 0.354 e. The lowest BCUT2D eigenvalue weighted by atomic mass is 10.1. The average Bonchev–Trinajstić information content (AvgIpc) is 2.40. The predicted octanol–water partition coefficient (Wildman–Crippen LogP) is 1.63. The first-order valence-corrected chi connectivity index (χ1v) is 6.89. The first-order valence-electron chi connectivity index (χ1n) is 6.89. The average molecular weight is 248 g/mol. The standard InChI is InChI=1S/C14H24N4/c1-3-6-17-7-9-18(10-8-17)14-5-4-13(11-16-14)12(2)15/h4-5,11-12H,3,6-10,15H2,1-2H3/t12-/m0/s1. The van der Waals surface area contributed by atoms with Gasteiger partial charge in [-0.25, -0.2) is 4.98 Å². The van der Waals surface area contributed by atoms with Gasteiger partial charge in [0.1, 0.15) is 5.82 Å². The molecule has 1 aromatic heterocycles. The van der Waals surface area contributed by atoms with Crippen LogP contribution in [0.4, 0.5) is 5.82 Å². The van der Waals surface area contributed by atoms with Gasteiger partial charge in [-0.3, -0.25) is 4.90 Å². The Bertz CT molecular complexity index is 353. The second-order valence-corrected chi connectivity index (χ2v) is 5.07. The molecule has 0 aromatic carbocycles. The molecule has 2 heterocycles. The number of pyridine rings is 1. The van der Waals surface area contributed by atoms with Crippen LogP contribution in [-0.4, -0.2) is 42.6 Å². The molecule has 0 aliphatic carbocycles. The number of hydrogen-bond acceptors (Lipinski definition) is 4. The number of rotatable bonds is 4. The van der Waals surface area contributed by atoms with E-state index >= 15 is 0 Å². The number of hydrogen-bond donors (Lipinski definition) is 1. The van der Waals surface area contributed by atoms with Crippen LogP contribution in [0.15, 0.2) is 18.3 Å². The molecule has 0 saturated carbocycles. The van der Waals surface area contributed by atoms with E-state index in [0.717, 1.165) is 37.6 Å². The van der Waals surface area contributed by atoms with Crippen LogP contribution in [0.25, 0.3) is 0 Å². The summed E-state index contributed by atoms with van der Waals surface area (Å²) >= 11 is 0. The van der Waals surface area contributed by atoms with E-state index < -0.39 is 0 Å². The van der Waals surface area contributed by atoms with Crippen molar-refractivity contribution in [2.75, 3.05) is 37.6 Å². The maximum Gasteiger partial charge on any atom is 0.128 e. The molecular formula is C14H24N4. The number of aromatic nitrogens is 1. The molecule has 4 heteroatoms. The summed E-state index contributed by atoms with van der Waals surface area (Å²) in [5.41, 5.74) is 6.93. The zero-order valence-corrected chi connectivity index (χ0v) is 11.5. The topological polar surface area (TPSA) is 45.4 Å². The highest BCUT2D eigenvalue weighted by atomic mass is 15.3. The Morgan fingerprint density at radius 3 is 2.50 bits per heavy atom. The van der Waals surface area contributed by atoms with E-state index in [4.69, 9.17) is 5.73 Å². The van der Waals surface area contributed by atoms with Gasteiger partial charge in [-0.2, -0.15) is 0 Å². The van der Waals surface area contributed by atoms with Crippen LogP contribution in [0, 0.1) is 0 Å². The minimum absolute atomic E-state index is 0.0629. The molecule has 0 spiro atoms. The van der Waals surface area contributed by atoms with Crippen molar-refractivity contribution < 1.29 is 0 Å². The molecule has 1 aromatic rings. The molecule has 2 N–H and O–H groups in total. The van der Waals surface area contributed by atoms with Gasteiger partial charge in [0.05, 0.1) is 0 Å². The third-order valence-electron chi connectivity index (χ3n) is 3.53. The van der Waals surface area contributed by atoms with Gasteiger partial charge in [-0.05, 0) is 31.5 Å². The molecule has 0 bridgehead atoms. The van der Waals surface area contributed by atoms with Crippen LogP contribution < -0.4 is 10.6 Å². The molecule has 100 valence electrons. The summed E-state index contributed by atoms with van der Waals surface area (Å²) in [6.07, 6.45) is 3.14. The van der Waals surface area contributed by atoms with Crippen LogP contribution in [0.1, 0.15) is 31.9 Å². The molecule has 1 aliphatic heterocycles. The smallest absolute Gasteiger partial charge is 0.128 e. The van der Waals surface area contributed by atoms with E-state index in [2.05, 4.69) is 33.8 Å². The molecule has 1 saturated heterocycles. The first-order chi connectivity index (χ1) is 8.70. The van der Waals surface area contributed by atoms with Gasteiger partial charge in [-0.1, -0.05) is 13.0 Å². The number of piperazine rings is 1. The Morgan fingerprint density at radius 1 is 1.28 bits per heavy atom. The third-order valence-corrected chi connectivity index (χ3v) is 3.53. The van der Waals surface area contributed by atoms with E-state index in [1.807, 2.05) is 13.1 Å². The zero-order chi connectivity index (χ0) is 13.0. The van der Waals surface area contributed by atoms with Gasteiger partial charge in [0.15, 0.2) is 0 Å². The molecular weight excluding hydrogens is 224 g/mol. The van der Waals surface area contributed by atoms with E-state index in [1.54, 1.807) is 0 Å². The van der Waals surface area contributed by atoms with Gasteiger partial charge >= 0.3 is 0 Å². The minimum Gasteiger partial charge on any atom is -0.354 e. The van der Waals surface area contributed by atoms with E-state index in [-0.39, 0.29) is 6.04 Å². The molecule has 1 aliphatic rings. The quantitative estimate of drug-likeness (QED) is 0.880. The molecule has 4 nitrogen and oxygen atoms in total. The highest BCUT2D eigenvalue weighted by Crippen LogP contribution is 2.16. The Kier molecular flexibility index (Phi) is 4.55. The summed E-state index contributed by atoms with van der Waals surface area (Å²) in [6.45, 7) is 9.87. The van der Waals surface area contributed by atoms with Crippen LogP contribution in [0.5, 0.6) is 0 Å². The predicted molar refractivity (Wildman–Crippen MR) is 75.8 cm³/mol. The summed E-state index contributed by atoms with van der Waals surface area (Å²) in [7, 11) is 0. The first kappa shape index (κ1) is 13.3. The van der Waals surface area contributed by atoms with Crippen molar-refractivity contribution in [2.45, 2.75) is 26.3 Å². The van der Waals surface area contributed by atoms with Gasteiger partial charge in [0, 0.05) is 38.4 Å². The van der Waals surface area contributed by atoms with Crippen molar-refractivity contribution in [3.63, 3.8) is 0 Å². The Labute approximate surface area is 110 Å². The van der Waals surface area contributed by atoms with Crippen molar-refractivity contribution in [1.29, 1.82) is 0 Å². The zero-order valence-electron chi connectivity index (χ0n) is 11.5. The van der Waals surface area contributed by atoms with Crippen molar-refractivity contribution in [3.05, 3.63) is 23.9 Å². The maximum atomic E-state index is 5.83. The van der Waals surface area contributed by atoms with Gasteiger partial charge < -0.3 is 10.6 Å². The monoisotopic (exact) mass is 248 g/mol. The summed E-state index contributed by atoms with van der Waals surface area (Å²) < 4.78 is 0. The molecule has 18 heavy (non-hydrogen) atoms. The molecule has 0 radical (unpaired) electrons. The number of anilines is 1. The lowest BCUT2D eigenvalue weighted by Crippen LogP contribution is -2.46. The molecule has 1 atom stereocenters. The molecule has 0 amide bonds. The second kappa shape index (κ2) is 6.16. The van der Waals surface area contributed by atoms with E-state index in [9.17, 15) is 0 Å². The Hall–Kier alpha value is -1.13. The van der Waals surface area contributed by atoms with Gasteiger partial charge in [0.2, 0.25) is 0 Å². The molecule has 2 rings (SSSR count). The summed E-state index contributed by atoms with van der Waals surface area (Å²) in [6, 6.07) is 4.24. The lowest BCUT2D eigenvalue weighted by molar-refractivity contribution is 0.258. The lowest BCUT2D eigenvalue weighted by Gasteiger charge is -2.35. The van der Waals surface area contributed by atoms with Crippen LogP contribution in [0.2, 0.25) is 0 Å². The van der Waals surface area contributed by atoms with Crippen molar-refractivity contribution in [2.24, 2.45) is 5.73 Å². The van der Waals surface area contributed by atoms with Crippen LogP contribution >= 0.6 is 0 Å². The van der Waals surface area contributed by atoms with Crippen molar-refractivity contribution >= 4 is 5.82 Å². The molecule has 1 fully saturated rings. The van der Waals surface area contributed by atoms with E-state index in [1.165, 1.54) is 13.0 Å². The fourth-order valence-corrected chi connectivity index (χ4v) is 2.37. The highest BCUT2D eigenvalue weighted by Gasteiger charge is 2.17. The highest BCUT2D eigenvalue weighted by molar-refractivity contribution is 5.40. The Balaban J connectivity index is 1.93. The van der Waals surface area contributed by atoms with Gasteiger partial charge in [-0.15, -0.1) is 0 Å². The normalized spacial score (nSPS) is 18.9. The van der Waals surface area contributed by atoms with Gasteiger partial charge in [0.25, 0.3) is 0 Å². The Morgan fingerprint density at radius 2 is 2.00 bits per heavy atom. The summed E-state index contributed by atoms with van der Waals surface area (Å²) in [5, 5.41) is 0. The van der Waals surface area contributed by atoms with Crippen LogP contribution in [0.3, 0.4) is 0 Å². The molecule has 0 unspecified atom stereocenters. The fraction of sp³-hybridized carbons (Fsp3) is 0.643. The third kappa shape index (κ3) is 3.21.